The molecule has 3 rings (SSSR count). The van der Waals surface area contributed by atoms with Crippen LogP contribution in [0, 0.1) is 5.82 Å². The van der Waals surface area contributed by atoms with E-state index in [1.165, 1.54) is 12.1 Å². The van der Waals surface area contributed by atoms with Crippen molar-refractivity contribution in [1.29, 1.82) is 0 Å². The maximum absolute atomic E-state index is 13.0. The third kappa shape index (κ3) is 4.45. The van der Waals surface area contributed by atoms with Gasteiger partial charge < -0.3 is 4.74 Å². The monoisotopic (exact) mass is 338 g/mol. The molecule has 1 aromatic carbocycles. The van der Waals surface area contributed by atoms with Crippen molar-refractivity contribution in [3.8, 4) is 0 Å². The molecule has 124 valence electrons. The first-order valence-electron chi connectivity index (χ1n) is 7.71. The van der Waals surface area contributed by atoms with Crippen LogP contribution >= 0.6 is 11.8 Å². The Morgan fingerprint density at radius 1 is 1.26 bits per heavy atom. The molecule has 1 saturated heterocycles. The van der Waals surface area contributed by atoms with Crippen molar-refractivity contribution in [3.05, 3.63) is 52.0 Å². The van der Waals surface area contributed by atoms with Gasteiger partial charge in [-0.25, -0.2) is 9.18 Å². The van der Waals surface area contributed by atoms with E-state index in [4.69, 9.17) is 9.26 Å². The molecule has 23 heavy (non-hydrogen) atoms. The van der Waals surface area contributed by atoms with Gasteiger partial charge in [0.05, 0.1) is 0 Å². The molecule has 1 aromatic heterocycles. The number of thioether (sulfide) groups is 1. The first-order chi connectivity index (χ1) is 11.2. The van der Waals surface area contributed by atoms with E-state index in [1.807, 2.05) is 11.8 Å². The summed E-state index contributed by atoms with van der Waals surface area (Å²) >= 11 is 1.86. The molecule has 0 saturated carbocycles. The van der Waals surface area contributed by atoms with E-state index in [2.05, 4.69) is 5.16 Å². The highest BCUT2D eigenvalue weighted by Gasteiger charge is 2.16. The topological polar surface area (TPSA) is 57.3 Å². The van der Waals surface area contributed by atoms with Crippen LogP contribution in [0.2, 0.25) is 0 Å². The Bertz CT molecular complexity index is 677. The van der Waals surface area contributed by atoms with Gasteiger partial charge in [-0.15, -0.1) is 0 Å². The fraction of sp³-hybridized carbons (Fsp3) is 0.500. The van der Waals surface area contributed by atoms with Gasteiger partial charge in [0.2, 0.25) is 0 Å². The van der Waals surface area contributed by atoms with Gasteiger partial charge in [0.1, 0.15) is 5.82 Å². The molecule has 1 fully saturated rings. The lowest BCUT2D eigenvalue weighted by molar-refractivity contribution is 0.1000. The number of aromatic nitrogens is 2. The molecule has 5 nitrogen and oxygen atoms in total. The maximum atomic E-state index is 13.0. The normalized spacial score (nSPS) is 15.9. The predicted molar refractivity (Wildman–Crippen MR) is 86.3 cm³/mol. The molecular weight excluding hydrogens is 319 g/mol. The SMILES string of the molecule is O=c1onc(Cc2ccc(F)cc2)n1CCSC1CCOCC1. The van der Waals surface area contributed by atoms with Crippen LogP contribution in [0.1, 0.15) is 24.2 Å². The molecule has 0 atom stereocenters. The number of halogens is 1. The summed E-state index contributed by atoms with van der Waals surface area (Å²) in [5, 5.41) is 4.45. The average Bonchev–Trinajstić information content (AvgIpc) is 2.91. The number of hydrogen-bond acceptors (Lipinski definition) is 5. The summed E-state index contributed by atoms with van der Waals surface area (Å²) in [5.41, 5.74) is 0.894. The van der Waals surface area contributed by atoms with Crippen molar-refractivity contribution < 1.29 is 13.7 Å². The number of benzene rings is 1. The van der Waals surface area contributed by atoms with Crippen molar-refractivity contribution in [2.45, 2.75) is 31.1 Å². The molecule has 0 unspecified atom stereocenters. The van der Waals surface area contributed by atoms with Crippen molar-refractivity contribution in [3.63, 3.8) is 0 Å². The zero-order chi connectivity index (χ0) is 16.1. The fourth-order valence-electron chi connectivity index (χ4n) is 2.58. The zero-order valence-corrected chi connectivity index (χ0v) is 13.6. The van der Waals surface area contributed by atoms with Crippen LogP contribution in [-0.4, -0.2) is 33.9 Å². The minimum atomic E-state index is -0.435. The maximum Gasteiger partial charge on any atom is 0.441 e. The highest BCUT2D eigenvalue weighted by Crippen LogP contribution is 2.22. The van der Waals surface area contributed by atoms with Gasteiger partial charge in [-0.2, -0.15) is 11.8 Å². The van der Waals surface area contributed by atoms with Crippen LogP contribution in [0.4, 0.5) is 4.39 Å². The smallest absolute Gasteiger partial charge is 0.381 e. The summed E-state index contributed by atoms with van der Waals surface area (Å²) in [4.78, 5) is 11.8. The first kappa shape index (κ1) is 16.3. The van der Waals surface area contributed by atoms with Crippen LogP contribution in [0.5, 0.6) is 0 Å². The largest absolute Gasteiger partial charge is 0.441 e. The van der Waals surface area contributed by atoms with Crippen molar-refractivity contribution in [2.24, 2.45) is 0 Å². The lowest BCUT2D eigenvalue weighted by Crippen LogP contribution is -2.21. The highest BCUT2D eigenvalue weighted by atomic mass is 32.2. The molecule has 0 N–H and O–H groups in total. The summed E-state index contributed by atoms with van der Waals surface area (Å²) in [6, 6.07) is 6.18. The van der Waals surface area contributed by atoms with E-state index in [9.17, 15) is 9.18 Å². The van der Waals surface area contributed by atoms with E-state index >= 15 is 0 Å². The lowest BCUT2D eigenvalue weighted by atomic mass is 10.1. The first-order valence-corrected chi connectivity index (χ1v) is 8.76. The van der Waals surface area contributed by atoms with E-state index in [1.54, 1.807) is 16.7 Å². The second-order valence-corrected chi connectivity index (χ2v) is 6.91. The quantitative estimate of drug-likeness (QED) is 0.810. The molecule has 0 radical (unpaired) electrons. The standard InChI is InChI=1S/C16H19FN2O3S/c17-13-3-1-12(2-4-13)11-15-18-22-16(20)19(15)7-10-23-14-5-8-21-9-6-14/h1-4,14H,5-11H2. The van der Waals surface area contributed by atoms with Crippen LogP contribution in [0.15, 0.2) is 33.6 Å². The Hall–Kier alpha value is -1.60. The lowest BCUT2D eigenvalue weighted by Gasteiger charge is -2.21. The Labute approximate surface area is 137 Å². The molecular formula is C16H19FN2O3S. The van der Waals surface area contributed by atoms with Gasteiger partial charge in [-0.1, -0.05) is 17.3 Å². The highest BCUT2D eigenvalue weighted by molar-refractivity contribution is 7.99. The zero-order valence-electron chi connectivity index (χ0n) is 12.7. The Morgan fingerprint density at radius 2 is 2.00 bits per heavy atom. The van der Waals surface area contributed by atoms with Crippen LogP contribution < -0.4 is 5.76 Å². The molecule has 0 aliphatic carbocycles. The van der Waals surface area contributed by atoms with Crippen LogP contribution in [0.25, 0.3) is 0 Å². The molecule has 1 aliphatic heterocycles. The van der Waals surface area contributed by atoms with Crippen LogP contribution in [0.3, 0.4) is 0 Å². The molecule has 7 heteroatoms. The molecule has 0 spiro atoms. The van der Waals surface area contributed by atoms with Crippen LogP contribution in [-0.2, 0) is 17.7 Å². The number of ether oxygens (including phenoxy) is 1. The molecule has 2 heterocycles. The van der Waals surface area contributed by atoms with Gasteiger partial charge in [-0.3, -0.25) is 9.09 Å². The average molecular weight is 338 g/mol. The number of hydrogen-bond donors (Lipinski definition) is 0. The predicted octanol–water partition coefficient (Wildman–Crippen LogP) is 2.48. The molecule has 0 amide bonds. The Balaban J connectivity index is 1.59. The third-order valence-corrected chi connectivity index (χ3v) is 5.23. The Kier molecular flexibility index (Phi) is 5.51. The van der Waals surface area contributed by atoms with Crippen molar-refractivity contribution in [1.82, 2.24) is 9.72 Å². The van der Waals surface area contributed by atoms with Gasteiger partial charge in [0, 0.05) is 37.2 Å². The minimum absolute atomic E-state index is 0.279. The molecule has 1 aliphatic rings. The van der Waals surface area contributed by atoms with E-state index in [0.717, 1.165) is 37.4 Å². The minimum Gasteiger partial charge on any atom is -0.381 e. The summed E-state index contributed by atoms with van der Waals surface area (Å²) < 4.78 is 24.6. The second-order valence-electron chi connectivity index (χ2n) is 5.50. The van der Waals surface area contributed by atoms with E-state index < -0.39 is 5.76 Å². The second kappa shape index (κ2) is 7.79. The van der Waals surface area contributed by atoms with Crippen molar-refractivity contribution in [2.75, 3.05) is 19.0 Å². The van der Waals surface area contributed by atoms with Crippen molar-refractivity contribution >= 4 is 11.8 Å². The van der Waals surface area contributed by atoms with Gasteiger partial charge in [0.25, 0.3) is 0 Å². The summed E-state index contributed by atoms with van der Waals surface area (Å²) in [5.74, 6) is 0.699. The number of nitrogens with zero attached hydrogens (tertiary/aromatic N) is 2. The summed E-state index contributed by atoms with van der Waals surface area (Å²) in [6.45, 7) is 2.21. The third-order valence-electron chi connectivity index (χ3n) is 3.87. The number of rotatable bonds is 6. The summed E-state index contributed by atoms with van der Waals surface area (Å²) in [7, 11) is 0. The van der Waals surface area contributed by atoms with E-state index in [-0.39, 0.29) is 5.82 Å². The molecule has 2 aromatic rings. The fourth-order valence-corrected chi connectivity index (χ4v) is 3.73. The van der Waals surface area contributed by atoms with Gasteiger partial charge in [0.15, 0.2) is 5.82 Å². The van der Waals surface area contributed by atoms with E-state index in [0.29, 0.717) is 24.0 Å². The van der Waals surface area contributed by atoms with Gasteiger partial charge in [-0.05, 0) is 30.5 Å². The molecule has 0 bridgehead atoms. The Morgan fingerprint density at radius 3 is 2.74 bits per heavy atom. The summed E-state index contributed by atoms with van der Waals surface area (Å²) in [6.07, 6.45) is 2.57. The van der Waals surface area contributed by atoms with Gasteiger partial charge >= 0.3 is 5.76 Å².